The predicted octanol–water partition coefficient (Wildman–Crippen LogP) is 12.0. The van der Waals surface area contributed by atoms with Gasteiger partial charge in [-0.1, -0.05) is 105 Å². The van der Waals surface area contributed by atoms with Crippen LogP contribution in [-0.2, 0) is 55.1 Å². The lowest BCUT2D eigenvalue weighted by Crippen LogP contribution is -2.58. The molecule has 1 aromatic heterocycles. The van der Waals surface area contributed by atoms with E-state index in [-0.39, 0.29) is 78.5 Å². The van der Waals surface area contributed by atoms with Crippen LogP contribution in [0.1, 0.15) is 183 Å². The first-order chi connectivity index (χ1) is 38.5. The summed E-state index contributed by atoms with van der Waals surface area (Å²) >= 11 is 0. The van der Waals surface area contributed by atoms with Crippen LogP contribution in [0.5, 0.6) is 5.75 Å². The van der Waals surface area contributed by atoms with Crippen molar-refractivity contribution in [3.05, 3.63) is 168 Å². The van der Waals surface area contributed by atoms with Crippen molar-refractivity contribution in [2.24, 2.45) is 23.7 Å². The molecule has 11 heteroatoms. The van der Waals surface area contributed by atoms with Crippen molar-refractivity contribution in [2.75, 3.05) is 26.9 Å². The van der Waals surface area contributed by atoms with Gasteiger partial charge in [-0.25, -0.2) is 9.59 Å². The van der Waals surface area contributed by atoms with Crippen LogP contribution in [-0.4, -0.2) is 65.9 Å². The summed E-state index contributed by atoms with van der Waals surface area (Å²) in [5.74, 6) is -0.528. The number of aliphatic hydroxyl groups is 3. The number of benzene rings is 4. The zero-order valence-electron chi connectivity index (χ0n) is 46.3. The van der Waals surface area contributed by atoms with Crippen molar-refractivity contribution in [2.45, 2.75) is 171 Å². The van der Waals surface area contributed by atoms with E-state index in [9.17, 15) is 20.1 Å². The smallest absolute Gasteiger partial charge is 0.340 e. The van der Waals surface area contributed by atoms with E-state index in [4.69, 9.17) is 23.4 Å². The van der Waals surface area contributed by atoms with E-state index in [0.717, 1.165) is 62.5 Å². The predicted molar refractivity (Wildman–Crippen MR) is 302 cm³/mol. The molecule has 2 bridgehead atoms. The summed E-state index contributed by atoms with van der Waals surface area (Å²) in [6, 6.07) is 28.5. The average Bonchev–Trinajstić information content (AvgIpc) is 3.53. The van der Waals surface area contributed by atoms with Gasteiger partial charge in [0.1, 0.15) is 16.9 Å². The molecule has 1 spiro atoms. The molecule has 13 rings (SSSR count). The quantitative estimate of drug-likeness (QED) is 0.0557. The zero-order valence-corrected chi connectivity index (χ0v) is 46.3. The highest BCUT2D eigenvalue weighted by molar-refractivity contribution is 5.90. The van der Waals surface area contributed by atoms with E-state index >= 15 is 9.59 Å². The minimum atomic E-state index is -1.31. The van der Waals surface area contributed by atoms with Crippen molar-refractivity contribution in [1.29, 1.82) is 0 Å². The van der Waals surface area contributed by atoms with Gasteiger partial charge in [0.05, 0.1) is 25.4 Å². The Morgan fingerprint density at radius 3 is 2.29 bits per heavy atom. The van der Waals surface area contributed by atoms with Crippen LogP contribution in [0.15, 0.2) is 111 Å². The van der Waals surface area contributed by atoms with Crippen LogP contribution < -0.4 is 10.4 Å². The highest BCUT2D eigenvalue weighted by Gasteiger charge is 2.58. The van der Waals surface area contributed by atoms with Crippen LogP contribution in [0.3, 0.4) is 0 Å². The maximum atomic E-state index is 15.6. The topological polar surface area (TPSA) is 162 Å². The highest BCUT2D eigenvalue weighted by atomic mass is 16.6. The van der Waals surface area contributed by atoms with Crippen molar-refractivity contribution >= 4 is 22.9 Å². The molecule has 5 aromatic rings. The van der Waals surface area contributed by atoms with Crippen molar-refractivity contribution in [1.82, 2.24) is 0 Å². The minimum Gasteiger partial charge on any atom is -0.483 e. The van der Waals surface area contributed by atoms with Gasteiger partial charge in [-0.3, -0.25) is 4.79 Å². The summed E-state index contributed by atoms with van der Waals surface area (Å²) in [5.41, 5.74) is 9.21. The van der Waals surface area contributed by atoms with Crippen LogP contribution in [0.25, 0.3) is 11.0 Å². The van der Waals surface area contributed by atoms with Crippen molar-refractivity contribution in [3.8, 4) is 5.75 Å². The normalized spacial score (nSPS) is 29.8. The van der Waals surface area contributed by atoms with Crippen molar-refractivity contribution in [3.63, 3.8) is 0 Å². The molecule has 8 aliphatic rings. The molecule has 79 heavy (non-hydrogen) atoms. The molecular formula is C68H78O11. The van der Waals surface area contributed by atoms with E-state index in [1.54, 1.807) is 24.6 Å². The number of aliphatic hydroxyl groups excluding tert-OH is 3. The number of hydrogen-bond donors (Lipinski definition) is 3. The molecule has 416 valence electrons. The molecule has 4 heterocycles. The lowest BCUT2D eigenvalue weighted by Gasteiger charge is -2.57. The van der Waals surface area contributed by atoms with Gasteiger partial charge in [0.25, 0.3) is 0 Å². The zero-order chi connectivity index (χ0) is 54.6. The van der Waals surface area contributed by atoms with Crippen LogP contribution in [0, 0.1) is 23.7 Å². The Hall–Kier alpha value is -5.85. The summed E-state index contributed by atoms with van der Waals surface area (Å²) in [7, 11) is 1.52. The van der Waals surface area contributed by atoms with Crippen LogP contribution >= 0.6 is 0 Å². The summed E-state index contributed by atoms with van der Waals surface area (Å²) in [6.45, 7) is 2.68. The first-order valence-electron chi connectivity index (χ1n) is 29.7. The van der Waals surface area contributed by atoms with E-state index < -0.39 is 47.9 Å². The Labute approximate surface area is 464 Å². The SMILES string of the molecule is COC[C@@H](CCO)c1c(CO)c2ccc3c(c2oc1=O)[C@H]1OC(=O)C[C@H]2C[C@@H](c4cccc5c4CC[C@@H]4CCC[C@H]6CCc7ccccc7[C@]564)C=C[C@H]2c2ccc(cc2)CC/C(=C(\C)CO)C(=O)O[C@@H]1[C@](C)(C1CCCCC1)O3. The molecule has 0 saturated heterocycles. The maximum absolute atomic E-state index is 15.6. The Bertz CT molecular complexity index is 3220. The third-order valence-electron chi connectivity index (χ3n) is 20.5. The Balaban J connectivity index is 0.992. The first-order valence-corrected chi connectivity index (χ1v) is 29.7. The Morgan fingerprint density at radius 2 is 1.53 bits per heavy atom. The molecule has 2 saturated carbocycles. The lowest BCUT2D eigenvalue weighted by molar-refractivity contribution is -0.201. The fraction of sp³-hybridized carbons (Fsp3) is 0.515. The van der Waals surface area contributed by atoms with Gasteiger partial charge in [-0.2, -0.15) is 0 Å². The fourth-order valence-corrected chi connectivity index (χ4v) is 16.7. The molecule has 11 nitrogen and oxygen atoms in total. The van der Waals surface area contributed by atoms with E-state index in [0.29, 0.717) is 58.9 Å². The molecule has 2 fully saturated rings. The Morgan fingerprint density at radius 1 is 0.772 bits per heavy atom. The molecule has 5 aliphatic carbocycles. The van der Waals surface area contributed by atoms with Crippen LogP contribution in [0.2, 0.25) is 0 Å². The number of hydrogen-bond acceptors (Lipinski definition) is 11. The number of methoxy groups -OCH3 is 1. The van der Waals surface area contributed by atoms with E-state index in [1.807, 2.05) is 6.92 Å². The van der Waals surface area contributed by atoms with Gasteiger partial charge in [0.15, 0.2) is 12.2 Å². The summed E-state index contributed by atoms with van der Waals surface area (Å²) in [4.78, 5) is 45.2. The van der Waals surface area contributed by atoms with Gasteiger partial charge in [0.2, 0.25) is 0 Å². The third kappa shape index (κ3) is 9.32. The van der Waals surface area contributed by atoms with Gasteiger partial charge in [-0.05, 0) is 171 Å². The van der Waals surface area contributed by atoms with Gasteiger partial charge in [-0.15, -0.1) is 0 Å². The molecule has 3 N–H and O–H groups in total. The highest BCUT2D eigenvalue weighted by Crippen LogP contribution is 2.62. The summed E-state index contributed by atoms with van der Waals surface area (Å²) in [6.07, 6.45) is 16.8. The monoisotopic (exact) mass is 1070 g/mol. The second-order valence-electron chi connectivity index (χ2n) is 24.5. The Kier molecular flexibility index (Phi) is 15.1. The second-order valence-corrected chi connectivity index (χ2v) is 24.5. The second kappa shape index (κ2) is 22.2. The fourth-order valence-electron chi connectivity index (χ4n) is 16.7. The number of aryl methyl sites for hydroxylation is 2. The summed E-state index contributed by atoms with van der Waals surface area (Å²) in [5, 5.41) is 32.2. The number of carbonyl (C=O) groups excluding carboxylic acids is 2. The molecule has 0 amide bonds. The summed E-state index contributed by atoms with van der Waals surface area (Å²) < 4.78 is 32.9. The number of fused-ring (bicyclic) bond motifs is 13. The average molecular weight is 1070 g/mol. The third-order valence-corrected chi connectivity index (χ3v) is 20.5. The molecule has 3 aliphatic heterocycles. The van der Waals surface area contributed by atoms with E-state index in [1.165, 1.54) is 55.0 Å². The van der Waals surface area contributed by atoms with Gasteiger partial charge in [0, 0.05) is 65.7 Å². The van der Waals surface area contributed by atoms with Crippen LogP contribution in [0.4, 0.5) is 0 Å². The molecule has 4 aromatic carbocycles. The number of rotatable bonds is 9. The molecule has 10 atom stereocenters. The number of carbonyl (C=O) groups is 2. The number of allylic oxidation sites excluding steroid dienone is 2. The maximum Gasteiger partial charge on any atom is 0.340 e. The molecular weight excluding hydrogens is 993 g/mol. The van der Waals surface area contributed by atoms with E-state index in [2.05, 4.69) is 78.9 Å². The standard InChI is InChI=1S/C68H78O11/c1-40(37-70)50-28-21-41-19-22-42(23-20-41)51-29-25-44(52-16-10-18-57-53(52)30-27-49-15-9-14-48-26-24-43-11-7-8-17-56(43)68(48,49)57)35-46(51)36-59(72)76-63-61-58(79-67(2,64(63)78-65(50)73)47-12-5-4-6-13-47)32-31-54-55(38-71)60(66(74)77-62(54)61)45(33-34-69)39-75-3/h7-8,10-11,16-20,22-23,25,29,31-32,44-49,51,63-64,69-71H,4-6,9,12-15,21,24,26-28,30,33-39H2,1-3H3/b50-40-/t44-,45+,46+,48-,49-,51-,63+,64-,67-,68-/m0/s1. The number of esters is 2. The lowest BCUT2D eigenvalue weighted by atomic mass is 9.46. The van der Waals surface area contributed by atoms with Gasteiger partial charge >= 0.3 is 17.6 Å². The largest absolute Gasteiger partial charge is 0.483 e. The number of ether oxygens (including phenoxy) is 4. The van der Waals surface area contributed by atoms with Gasteiger partial charge < -0.3 is 38.7 Å². The van der Waals surface area contributed by atoms with Crippen molar-refractivity contribution < 1.29 is 48.3 Å². The molecule has 0 unspecified atom stereocenters. The minimum absolute atomic E-state index is 0.00151. The first kappa shape index (κ1) is 53.8. The molecule has 0 radical (unpaired) electrons.